The van der Waals surface area contributed by atoms with Gasteiger partial charge in [0.25, 0.3) is 0 Å². The highest BCUT2D eigenvalue weighted by atomic mass is 27.2. The lowest BCUT2D eigenvalue weighted by atomic mass is 10.2. The summed E-state index contributed by atoms with van der Waals surface area (Å²) in [4.78, 5) is 0. The number of ether oxygens (including phenoxy) is 3. The molecular weight excluding hydrogens is 517 g/mol. The van der Waals surface area contributed by atoms with Crippen LogP contribution < -0.4 is 27.5 Å². The topological polar surface area (TPSA) is 27.7 Å². The summed E-state index contributed by atoms with van der Waals surface area (Å²) >= 11 is -5.00. The highest BCUT2D eigenvalue weighted by molar-refractivity contribution is 6.96. The maximum atomic E-state index is 15.0. The molecule has 3 aromatic rings. The zero-order valence-corrected chi connectivity index (χ0v) is 18.9. The first-order valence-electron chi connectivity index (χ1n) is 9.25. The molecule has 186 valence electrons. The smallest absolute Gasteiger partial charge is 0.413 e. The predicted octanol–water partition coefficient (Wildman–Crippen LogP) is 3.62. The molecule has 0 unspecified atom stereocenters. The van der Waals surface area contributed by atoms with Crippen molar-refractivity contribution in [1.29, 1.82) is 0 Å². The van der Waals surface area contributed by atoms with Crippen LogP contribution in [0, 0.1) is 58.2 Å². The van der Waals surface area contributed by atoms with E-state index >= 15 is 17.6 Å². The molecule has 0 bridgehead atoms. The first kappa shape index (κ1) is 26.5. The van der Waals surface area contributed by atoms with Gasteiger partial charge >= 0.3 is 14.1 Å². The Morgan fingerprint density at radius 3 is 1.17 bits per heavy atom. The molecule has 14 heteroatoms. The van der Waals surface area contributed by atoms with Gasteiger partial charge in [-0.15, -0.1) is 0 Å². The molecule has 0 aliphatic heterocycles. The zero-order valence-electron chi connectivity index (χ0n) is 17.7. The van der Waals surface area contributed by atoms with Crippen LogP contribution in [-0.2, 0) is 0 Å². The Hall–Kier alpha value is -3.11. The highest BCUT2D eigenvalue weighted by Gasteiger charge is 2.45. The Labute approximate surface area is 194 Å². The van der Waals surface area contributed by atoms with Gasteiger partial charge in [0.15, 0.2) is 34.8 Å². The van der Waals surface area contributed by atoms with Crippen LogP contribution in [-0.4, -0.2) is 35.5 Å². The van der Waals surface area contributed by atoms with Gasteiger partial charge in [-0.1, -0.05) is 0 Å². The van der Waals surface area contributed by atoms with Crippen molar-refractivity contribution in [2.24, 2.45) is 0 Å². The standard InChI is InChI=1S/2C7H3F4O.C7H5F2O.Al/c2*1-12-7-5(10)3(8)2-4(9)6(7)11;1-10-7-3-5(8)2-6(9)4-7;/h2*1H3;2-3H,1H3;. The van der Waals surface area contributed by atoms with Crippen LogP contribution in [0.25, 0.3) is 0 Å². The van der Waals surface area contributed by atoms with Crippen LogP contribution in [0.2, 0.25) is 0 Å². The van der Waals surface area contributed by atoms with Crippen molar-refractivity contribution in [1.82, 2.24) is 0 Å². The second-order valence-corrected chi connectivity index (χ2v) is 9.44. The van der Waals surface area contributed by atoms with Gasteiger partial charge in [-0.25, -0.2) is 26.3 Å². The molecule has 0 aliphatic carbocycles. The average Bonchev–Trinajstić information content (AvgIpc) is 2.81. The molecule has 0 atom stereocenters. The number of benzene rings is 3. The molecule has 3 aromatic carbocycles. The molecular formula is C21H11AlF10O3. The van der Waals surface area contributed by atoms with Gasteiger partial charge in [0.1, 0.15) is 17.4 Å². The lowest BCUT2D eigenvalue weighted by molar-refractivity contribution is 0.334. The minimum Gasteiger partial charge on any atom is -0.498 e. The fourth-order valence-corrected chi connectivity index (χ4v) is 6.80. The van der Waals surface area contributed by atoms with Crippen molar-refractivity contribution in [3.05, 3.63) is 70.3 Å². The molecule has 0 aromatic heterocycles. The van der Waals surface area contributed by atoms with Crippen LogP contribution in [0.3, 0.4) is 0 Å². The lowest BCUT2D eigenvalue weighted by Gasteiger charge is -2.22. The Balaban J connectivity index is 2.62. The SMILES string of the molecule is COc1cc(F)cc(F)[c]1[Al]([c]1c(F)c(F)c(OC)c(F)c1F)[c]1c(F)c(F)c(OC)c(F)c1F. The van der Waals surface area contributed by atoms with Crippen LogP contribution in [0.15, 0.2) is 12.1 Å². The van der Waals surface area contributed by atoms with Crippen molar-refractivity contribution in [2.75, 3.05) is 21.3 Å². The van der Waals surface area contributed by atoms with Gasteiger partial charge < -0.3 is 14.2 Å². The zero-order chi connectivity index (χ0) is 26.4. The van der Waals surface area contributed by atoms with E-state index in [-0.39, 0.29) is 6.07 Å². The molecule has 0 spiro atoms. The maximum Gasteiger partial charge on any atom is 0.413 e. The third kappa shape index (κ3) is 4.14. The maximum absolute atomic E-state index is 15.0. The van der Waals surface area contributed by atoms with Crippen LogP contribution >= 0.6 is 0 Å². The number of methoxy groups -OCH3 is 3. The summed E-state index contributed by atoms with van der Waals surface area (Å²) in [5.74, 6) is -25.0. The molecule has 0 amide bonds. The lowest BCUT2D eigenvalue weighted by Crippen LogP contribution is -2.59. The Morgan fingerprint density at radius 1 is 0.486 bits per heavy atom. The second kappa shape index (κ2) is 9.87. The third-order valence-corrected chi connectivity index (χ3v) is 8.37. The van der Waals surface area contributed by atoms with E-state index in [2.05, 4.69) is 9.47 Å². The normalized spacial score (nSPS) is 11.0. The molecule has 0 radical (unpaired) electrons. The summed E-state index contributed by atoms with van der Waals surface area (Å²) in [5.41, 5.74) is 0. The Morgan fingerprint density at radius 2 is 0.857 bits per heavy atom. The number of halogens is 10. The molecule has 0 heterocycles. The van der Waals surface area contributed by atoms with Gasteiger partial charge in [0.05, 0.1) is 21.3 Å². The van der Waals surface area contributed by atoms with E-state index in [0.29, 0.717) is 20.3 Å². The molecule has 3 rings (SSSR count). The summed E-state index contributed by atoms with van der Waals surface area (Å²) in [6.45, 7) is 0. The number of rotatable bonds is 6. The van der Waals surface area contributed by atoms with Crippen LogP contribution in [0.1, 0.15) is 0 Å². The minimum atomic E-state index is -5.00. The minimum absolute atomic E-state index is 0.107. The van der Waals surface area contributed by atoms with E-state index in [1.807, 2.05) is 0 Å². The molecule has 0 saturated carbocycles. The van der Waals surface area contributed by atoms with Crippen LogP contribution in [0.5, 0.6) is 17.2 Å². The van der Waals surface area contributed by atoms with Crippen molar-refractivity contribution in [2.45, 2.75) is 0 Å². The second-order valence-electron chi connectivity index (χ2n) is 6.84. The highest BCUT2D eigenvalue weighted by Crippen LogP contribution is 2.29. The summed E-state index contributed by atoms with van der Waals surface area (Å²) < 4.78 is 155. The first-order valence-corrected chi connectivity index (χ1v) is 11.0. The van der Waals surface area contributed by atoms with Crippen molar-refractivity contribution in [3.8, 4) is 17.2 Å². The van der Waals surface area contributed by atoms with E-state index < -0.39 is 103 Å². The summed E-state index contributed by atoms with van der Waals surface area (Å²) in [5, 5.41) is 0. The van der Waals surface area contributed by atoms with E-state index in [1.165, 1.54) is 0 Å². The van der Waals surface area contributed by atoms with E-state index in [0.717, 1.165) is 7.11 Å². The summed E-state index contributed by atoms with van der Waals surface area (Å²) in [6, 6.07) is 0.534. The van der Waals surface area contributed by atoms with Gasteiger partial charge in [-0.3, -0.25) is 0 Å². The monoisotopic (exact) mass is 528 g/mol. The quantitative estimate of drug-likeness (QED) is 0.278. The summed E-state index contributed by atoms with van der Waals surface area (Å²) in [6.07, 6.45) is 0. The average molecular weight is 528 g/mol. The fraction of sp³-hybridized carbons (Fsp3) is 0.143. The Kier molecular flexibility index (Phi) is 7.47. The molecule has 0 saturated heterocycles. The molecule has 0 fully saturated rings. The fourth-order valence-electron chi connectivity index (χ4n) is 3.57. The van der Waals surface area contributed by atoms with Gasteiger partial charge in [0.2, 0.25) is 23.3 Å². The van der Waals surface area contributed by atoms with Gasteiger partial charge in [-0.2, -0.15) is 17.6 Å². The van der Waals surface area contributed by atoms with Gasteiger partial charge in [-0.05, 0) is 13.3 Å². The van der Waals surface area contributed by atoms with Crippen LogP contribution in [0.4, 0.5) is 43.9 Å². The largest absolute Gasteiger partial charge is 0.498 e. The molecule has 3 nitrogen and oxygen atoms in total. The van der Waals surface area contributed by atoms with Crippen molar-refractivity contribution >= 4 is 27.4 Å². The third-order valence-electron chi connectivity index (χ3n) is 5.06. The van der Waals surface area contributed by atoms with Crippen molar-refractivity contribution in [3.63, 3.8) is 0 Å². The Bertz CT molecular complexity index is 1200. The number of hydrogen-bond donors (Lipinski definition) is 0. The molecule has 0 aliphatic rings. The molecule has 0 N–H and O–H groups in total. The van der Waals surface area contributed by atoms with E-state index in [4.69, 9.17) is 4.74 Å². The van der Waals surface area contributed by atoms with Gasteiger partial charge in [0, 0.05) is 12.1 Å². The molecule has 35 heavy (non-hydrogen) atoms. The predicted molar refractivity (Wildman–Crippen MR) is 103 cm³/mol. The first-order chi connectivity index (χ1) is 16.4. The van der Waals surface area contributed by atoms with E-state index in [9.17, 15) is 26.3 Å². The van der Waals surface area contributed by atoms with E-state index in [1.54, 1.807) is 0 Å². The van der Waals surface area contributed by atoms with Crippen molar-refractivity contribution < 1.29 is 58.1 Å². The summed E-state index contributed by atoms with van der Waals surface area (Å²) in [7, 11) is 2.09. The number of hydrogen-bond acceptors (Lipinski definition) is 3.